The molecule has 2 fully saturated rings. The Morgan fingerprint density at radius 2 is 1.83 bits per heavy atom. The Labute approximate surface area is 149 Å². The van der Waals surface area contributed by atoms with Crippen LogP contribution < -0.4 is 10.0 Å². The number of hydrogen-bond donors (Lipinski definition) is 2. The fourth-order valence-corrected chi connectivity index (χ4v) is 4.08. The van der Waals surface area contributed by atoms with Crippen LogP contribution in [0.5, 0.6) is 0 Å². The molecule has 1 amide bonds. The molecule has 6 nitrogen and oxygen atoms in total. The molecule has 134 valence electrons. The summed E-state index contributed by atoms with van der Waals surface area (Å²) in [6.07, 6.45) is 1.80. The molecule has 0 radical (unpaired) electrons. The fourth-order valence-electron chi connectivity index (χ4n) is 2.77. The Hall–Kier alpha value is -1.15. The molecule has 1 aromatic carbocycles. The summed E-state index contributed by atoms with van der Waals surface area (Å²) >= 11 is 0. The molecule has 2 N–H and O–H groups in total. The van der Waals surface area contributed by atoms with Crippen LogP contribution in [0.4, 0.5) is 0 Å². The highest BCUT2D eigenvalue weighted by molar-refractivity contribution is 7.89. The van der Waals surface area contributed by atoms with E-state index < -0.39 is 10.0 Å². The second-order valence-corrected chi connectivity index (χ2v) is 8.12. The van der Waals surface area contributed by atoms with E-state index in [-0.39, 0.29) is 41.3 Å². The lowest BCUT2D eigenvalue weighted by molar-refractivity contribution is 0.0603. The van der Waals surface area contributed by atoms with Gasteiger partial charge in [-0.2, -0.15) is 0 Å². The minimum absolute atomic E-state index is 0. The number of nitrogens with one attached hydrogen (secondary N) is 2. The maximum absolute atomic E-state index is 12.6. The first kappa shape index (κ1) is 19.2. The van der Waals surface area contributed by atoms with Crippen molar-refractivity contribution in [2.24, 2.45) is 0 Å². The average Bonchev–Trinajstić information content (AvgIpc) is 3.33. The minimum Gasteiger partial charge on any atom is -0.333 e. The van der Waals surface area contributed by atoms with Crippen molar-refractivity contribution >= 4 is 28.3 Å². The molecule has 3 rings (SSSR count). The third-order valence-electron chi connectivity index (χ3n) is 4.61. The molecule has 2 atom stereocenters. The van der Waals surface area contributed by atoms with Crippen LogP contribution in [0, 0.1) is 0 Å². The van der Waals surface area contributed by atoms with E-state index in [0.717, 1.165) is 19.4 Å². The van der Waals surface area contributed by atoms with Gasteiger partial charge in [-0.05, 0) is 51.0 Å². The van der Waals surface area contributed by atoms with E-state index in [2.05, 4.69) is 17.0 Å². The Balaban J connectivity index is 0.00000208. The van der Waals surface area contributed by atoms with E-state index in [1.165, 1.54) is 12.1 Å². The lowest BCUT2D eigenvalue weighted by atomic mass is 10.1. The van der Waals surface area contributed by atoms with Crippen molar-refractivity contribution in [2.45, 2.75) is 49.7 Å². The van der Waals surface area contributed by atoms with Gasteiger partial charge in [-0.15, -0.1) is 12.4 Å². The van der Waals surface area contributed by atoms with Crippen LogP contribution in [-0.2, 0) is 10.0 Å². The summed E-state index contributed by atoms with van der Waals surface area (Å²) in [7, 11) is -3.47. The van der Waals surface area contributed by atoms with E-state index in [9.17, 15) is 13.2 Å². The summed E-state index contributed by atoms with van der Waals surface area (Å²) in [6, 6.07) is 6.64. The van der Waals surface area contributed by atoms with Crippen molar-refractivity contribution in [3.05, 3.63) is 29.8 Å². The van der Waals surface area contributed by atoms with Crippen LogP contribution in [0.3, 0.4) is 0 Å². The highest BCUT2D eigenvalue weighted by atomic mass is 35.5. The molecule has 0 bridgehead atoms. The third kappa shape index (κ3) is 4.08. The van der Waals surface area contributed by atoms with Gasteiger partial charge in [-0.25, -0.2) is 13.1 Å². The van der Waals surface area contributed by atoms with Gasteiger partial charge in [0.25, 0.3) is 5.91 Å². The van der Waals surface area contributed by atoms with Gasteiger partial charge in [0.2, 0.25) is 10.0 Å². The summed E-state index contributed by atoms with van der Waals surface area (Å²) in [4.78, 5) is 14.7. The Morgan fingerprint density at radius 1 is 1.21 bits per heavy atom. The first-order valence-electron chi connectivity index (χ1n) is 8.05. The summed E-state index contributed by atoms with van der Waals surface area (Å²) in [5.41, 5.74) is 0.524. The molecule has 1 aliphatic carbocycles. The van der Waals surface area contributed by atoms with Crippen LogP contribution >= 0.6 is 12.4 Å². The predicted octanol–water partition coefficient (Wildman–Crippen LogP) is 1.37. The second-order valence-electron chi connectivity index (χ2n) is 6.40. The smallest absolute Gasteiger partial charge is 0.254 e. The quantitative estimate of drug-likeness (QED) is 0.835. The SMILES string of the molecule is CC1NCCN(C(=O)c2ccc(S(=O)(=O)NC3CC3)cc2)C1C.Cl. The van der Waals surface area contributed by atoms with E-state index in [0.29, 0.717) is 12.1 Å². The van der Waals surface area contributed by atoms with Crippen molar-refractivity contribution in [1.29, 1.82) is 0 Å². The summed E-state index contributed by atoms with van der Waals surface area (Å²) < 4.78 is 26.9. The molecule has 8 heteroatoms. The molecule has 1 heterocycles. The number of rotatable bonds is 4. The number of sulfonamides is 1. The molecule has 0 aromatic heterocycles. The zero-order valence-corrected chi connectivity index (χ0v) is 15.5. The highest BCUT2D eigenvalue weighted by Crippen LogP contribution is 2.22. The molecule has 2 aliphatic rings. The van der Waals surface area contributed by atoms with E-state index in [4.69, 9.17) is 0 Å². The largest absolute Gasteiger partial charge is 0.333 e. The molecule has 2 unspecified atom stereocenters. The average molecular weight is 374 g/mol. The van der Waals surface area contributed by atoms with Gasteiger partial charge in [-0.3, -0.25) is 4.79 Å². The van der Waals surface area contributed by atoms with Crippen LogP contribution in [0.15, 0.2) is 29.2 Å². The monoisotopic (exact) mass is 373 g/mol. The lowest BCUT2D eigenvalue weighted by Crippen LogP contribution is -2.57. The molecule has 1 aliphatic heterocycles. The number of hydrogen-bond acceptors (Lipinski definition) is 4. The first-order valence-corrected chi connectivity index (χ1v) is 9.53. The summed E-state index contributed by atoms with van der Waals surface area (Å²) in [6.45, 7) is 5.51. The topological polar surface area (TPSA) is 78.5 Å². The molecule has 0 spiro atoms. The Morgan fingerprint density at radius 3 is 2.42 bits per heavy atom. The van der Waals surface area contributed by atoms with Gasteiger partial charge in [0.05, 0.1) is 4.90 Å². The number of nitrogens with zero attached hydrogens (tertiary/aromatic N) is 1. The molecular weight excluding hydrogens is 350 g/mol. The van der Waals surface area contributed by atoms with Gasteiger partial charge in [0.1, 0.15) is 0 Å². The van der Waals surface area contributed by atoms with Gasteiger partial charge in [-0.1, -0.05) is 0 Å². The number of piperazine rings is 1. The maximum Gasteiger partial charge on any atom is 0.254 e. The van der Waals surface area contributed by atoms with E-state index in [1.54, 1.807) is 12.1 Å². The van der Waals surface area contributed by atoms with Crippen molar-refractivity contribution < 1.29 is 13.2 Å². The van der Waals surface area contributed by atoms with Gasteiger partial charge >= 0.3 is 0 Å². The van der Waals surface area contributed by atoms with Crippen molar-refractivity contribution in [1.82, 2.24) is 14.9 Å². The summed E-state index contributed by atoms with van der Waals surface area (Å²) in [5.74, 6) is -0.0510. The van der Waals surface area contributed by atoms with Crippen LogP contribution in [0.25, 0.3) is 0 Å². The second kappa shape index (κ2) is 7.39. The van der Waals surface area contributed by atoms with Gasteiger partial charge < -0.3 is 10.2 Å². The Bertz CT molecular complexity index is 689. The van der Waals surface area contributed by atoms with Crippen LogP contribution in [-0.4, -0.2) is 50.4 Å². The molecular formula is C16H24ClN3O3S. The third-order valence-corrected chi connectivity index (χ3v) is 6.14. The zero-order valence-electron chi connectivity index (χ0n) is 13.9. The van der Waals surface area contributed by atoms with Gasteiger partial charge in [0.15, 0.2) is 0 Å². The zero-order chi connectivity index (χ0) is 16.6. The first-order chi connectivity index (χ1) is 10.9. The van der Waals surface area contributed by atoms with Crippen LogP contribution in [0.2, 0.25) is 0 Å². The van der Waals surface area contributed by atoms with Crippen LogP contribution in [0.1, 0.15) is 37.0 Å². The predicted molar refractivity (Wildman–Crippen MR) is 95.0 cm³/mol. The molecule has 1 saturated carbocycles. The number of amides is 1. The number of benzene rings is 1. The van der Waals surface area contributed by atoms with Gasteiger partial charge in [0, 0.05) is 36.8 Å². The highest BCUT2D eigenvalue weighted by Gasteiger charge is 2.30. The number of carbonyl (C=O) groups is 1. The van der Waals surface area contributed by atoms with E-state index >= 15 is 0 Å². The maximum atomic E-state index is 12.6. The molecule has 1 saturated heterocycles. The minimum atomic E-state index is -3.47. The number of halogens is 1. The molecule has 24 heavy (non-hydrogen) atoms. The van der Waals surface area contributed by atoms with Crippen molar-refractivity contribution in [2.75, 3.05) is 13.1 Å². The lowest BCUT2D eigenvalue weighted by Gasteiger charge is -2.38. The number of carbonyl (C=O) groups excluding carboxylic acids is 1. The van der Waals surface area contributed by atoms with Crippen molar-refractivity contribution in [3.8, 4) is 0 Å². The normalized spacial score (nSPS) is 24.3. The van der Waals surface area contributed by atoms with Crippen molar-refractivity contribution in [3.63, 3.8) is 0 Å². The Kier molecular flexibility index (Phi) is 5.91. The standard InChI is InChI=1S/C16H23N3O3S.ClH/c1-11-12(2)19(10-9-17-11)16(20)13-3-7-15(8-4-13)23(21,22)18-14-5-6-14;/h3-4,7-8,11-12,14,17-18H,5-6,9-10H2,1-2H3;1H. The fraction of sp³-hybridized carbons (Fsp3) is 0.562. The molecule has 1 aromatic rings. The van der Waals surface area contributed by atoms with E-state index in [1.807, 2.05) is 11.8 Å². The summed E-state index contributed by atoms with van der Waals surface area (Å²) in [5, 5.41) is 3.34.